The molecule has 5 nitrogen and oxygen atoms in total. The molecule has 0 aliphatic rings. The molecule has 0 saturated carbocycles. The Bertz CT molecular complexity index is 493. The van der Waals surface area contributed by atoms with E-state index in [4.69, 9.17) is 26.8 Å². The van der Waals surface area contributed by atoms with Crippen LogP contribution >= 0.6 is 11.6 Å². The summed E-state index contributed by atoms with van der Waals surface area (Å²) in [7, 11) is 2.82. The van der Waals surface area contributed by atoms with Crippen LogP contribution in [0.15, 0.2) is 12.1 Å². The third-order valence-electron chi connectivity index (χ3n) is 3.14. The number of halogens is 1. The molecule has 0 fully saturated rings. The number of methoxy groups -OCH3 is 2. The molecule has 0 aromatic heterocycles. The number of nitrogens with two attached hydrogens (primary N) is 1. The zero-order chi connectivity index (χ0) is 16.0. The Morgan fingerprint density at radius 3 is 2.57 bits per heavy atom. The molecule has 0 radical (unpaired) electrons. The number of esters is 1. The zero-order valence-corrected chi connectivity index (χ0v) is 13.6. The van der Waals surface area contributed by atoms with Crippen molar-refractivity contribution < 1.29 is 19.0 Å². The van der Waals surface area contributed by atoms with E-state index in [-0.39, 0.29) is 6.04 Å². The van der Waals surface area contributed by atoms with E-state index in [1.807, 2.05) is 13.0 Å². The highest BCUT2D eigenvalue weighted by molar-refractivity contribution is 6.32. The van der Waals surface area contributed by atoms with Crippen molar-refractivity contribution in [3.05, 3.63) is 22.7 Å². The van der Waals surface area contributed by atoms with E-state index in [0.29, 0.717) is 22.9 Å². The Morgan fingerprint density at radius 2 is 2.05 bits per heavy atom. The van der Waals surface area contributed by atoms with Crippen LogP contribution in [-0.2, 0) is 16.0 Å². The van der Waals surface area contributed by atoms with Crippen molar-refractivity contribution in [2.24, 2.45) is 5.73 Å². The predicted molar refractivity (Wildman–Crippen MR) is 82.1 cm³/mol. The normalized spacial score (nSPS) is 13.4. The maximum atomic E-state index is 11.4. The lowest BCUT2D eigenvalue weighted by molar-refractivity contribution is -0.147. The zero-order valence-electron chi connectivity index (χ0n) is 12.8. The van der Waals surface area contributed by atoms with Crippen LogP contribution in [0, 0.1) is 0 Å². The highest BCUT2D eigenvalue weighted by Crippen LogP contribution is 2.37. The van der Waals surface area contributed by atoms with E-state index in [1.165, 1.54) is 14.2 Å². The first-order valence-corrected chi connectivity index (χ1v) is 7.17. The van der Waals surface area contributed by atoms with Gasteiger partial charge in [0, 0.05) is 6.04 Å². The first kappa shape index (κ1) is 17.6. The van der Waals surface area contributed by atoms with Gasteiger partial charge in [-0.3, -0.25) is 0 Å². The summed E-state index contributed by atoms with van der Waals surface area (Å²) in [6, 6.07) is 3.66. The number of ether oxygens (including phenoxy) is 3. The number of hydrogen-bond donors (Lipinski definition) is 1. The number of carbonyl (C=O) groups is 1. The fraction of sp³-hybridized carbons (Fsp3) is 0.533. The molecule has 118 valence electrons. The van der Waals surface area contributed by atoms with Crippen molar-refractivity contribution in [3.63, 3.8) is 0 Å². The quantitative estimate of drug-likeness (QED) is 0.783. The van der Waals surface area contributed by atoms with Gasteiger partial charge < -0.3 is 19.9 Å². The first-order chi connectivity index (χ1) is 9.92. The van der Waals surface area contributed by atoms with E-state index < -0.39 is 12.1 Å². The van der Waals surface area contributed by atoms with Gasteiger partial charge >= 0.3 is 5.97 Å². The third kappa shape index (κ3) is 4.79. The topological polar surface area (TPSA) is 70.8 Å². The van der Waals surface area contributed by atoms with E-state index in [9.17, 15) is 4.79 Å². The maximum Gasteiger partial charge on any atom is 0.346 e. The van der Waals surface area contributed by atoms with Crippen molar-refractivity contribution >= 4 is 17.6 Å². The van der Waals surface area contributed by atoms with Gasteiger partial charge in [0.15, 0.2) is 17.6 Å². The van der Waals surface area contributed by atoms with Gasteiger partial charge in [-0.1, -0.05) is 18.5 Å². The lowest BCUT2D eigenvalue weighted by Crippen LogP contribution is -2.25. The summed E-state index contributed by atoms with van der Waals surface area (Å²) in [5, 5.41) is 0.378. The fourth-order valence-corrected chi connectivity index (χ4v) is 2.12. The smallest absolute Gasteiger partial charge is 0.346 e. The van der Waals surface area contributed by atoms with Crippen molar-refractivity contribution in [3.8, 4) is 11.5 Å². The Morgan fingerprint density at radius 1 is 1.38 bits per heavy atom. The average molecular weight is 316 g/mol. The van der Waals surface area contributed by atoms with Crippen LogP contribution in [0.5, 0.6) is 11.5 Å². The van der Waals surface area contributed by atoms with Crippen LogP contribution in [0.25, 0.3) is 0 Å². The second kappa shape index (κ2) is 8.10. The van der Waals surface area contributed by atoms with Gasteiger partial charge in [0.05, 0.1) is 19.2 Å². The molecular formula is C15H22ClNO4. The number of rotatable bonds is 7. The van der Waals surface area contributed by atoms with Crippen LogP contribution in [0.2, 0.25) is 5.02 Å². The SMILES string of the molecule is CCC(N)Cc1cc(Cl)c(OC(C)C(=O)OC)c(OC)c1. The number of carbonyl (C=O) groups excluding carboxylic acids is 1. The molecule has 0 aliphatic heterocycles. The van der Waals surface area contributed by atoms with E-state index in [0.717, 1.165) is 12.0 Å². The van der Waals surface area contributed by atoms with Crippen LogP contribution < -0.4 is 15.2 Å². The highest BCUT2D eigenvalue weighted by Gasteiger charge is 2.20. The van der Waals surface area contributed by atoms with Crippen molar-refractivity contribution in [2.75, 3.05) is 14.2 Å². The van der Waals surface area contributed by atoms with Gasteiger partial charge in [-0.25, -0.2) is 4.79 Å². The number of hydrogen-bond acceptors (Lipinski definition) is 5. The molecule has 21 heavy (non-hydrogen) atoms. The van der Waals surface area contributed by atoms with Gasteiger partial charge in [-0.05, 0) is 37.5 Å². The molecule has 1 rings (SSSR count). The molecule has 0 aliphatic carbocycles. The molecule has 0 heterocycles. The third-order valence-corrected chi connectivity index (χ3v) is 3.42. The summed E-state index contributed by atoms with van der Waals surface area (Å²) in [5.41, 5.74) is 6.91. The summed E-state index contributed by atoms with van der Waals surface area (Å²) >= 11 is 6.23. The van der Waals surface area contributed by atoms with Crippen molar-refractivity contribution in [1.82, 2.24) is 0 Å². The largest absolute Gasteiger partial charge is 0.493 e. The van der Waals surface area contributed by atoms with Crippen LogP contribution in [0.4, 0.5) is 0 Å². The standard InChI is InChI=1S/C15H22ClNO4/c1-5-11(17)6-10-7-12(16)14(13(8-10)19-3)21-9(2)15(18)20-4/h7-9,11H,5-6,17H2,1-4H3. The average Bonchev–Trinajstić information content (AvgIpc) is 2.48. The first-order valence-electron chi connectivity index (χ1n) is 6.79. The lowest BCUT2D eigenvalue weighted by atomic mass is 10.0. The van der Waals surface area contributed by atoms with Crippen LogP contribution in [-0.4, -0.2) is 32.3 Å². The van der Waals surface area contributed by atoms with E-state index in [1.54, 1.807) is 13.0 Å². The predicted octanol–water partition coefficient (Wildman–Crippen LogP) is 2.57. The molecule has 0 saturated heterocycles. The molecular weight excluding hydrogens is 294 g/mol. The second-order valence-corrected chi connectivity index (χ2v) is 5.17. The minimum absolute atomic E-state index is 0.0616. The van der Waals surface area contributed by atoms with Gasteiger partial charge in [0.1, 0.15) is 0 Å². The minimum atomic E-state index is -0.773. The van der Waals surface area contributed by atoms with Crippen LogP contribution in [0.1, 0.15) is 25.8 Å². The monoisotopic (exact) mass is 315 g/mol. The second-order valence-electron chi connectivity index (χ2n) is 4.76. The summed E-state index contributed by atoms with van der Waals surface area (Å²) in [4.78, 5) is 11.4. The summed E-state index contributed by atoms with van der Waals surface area (Å²) in [5.74, 6) is 0.313. The molecule has 2 N–H and O–H groups in total. The Kier molecular flexibility index (Phi) is 6.78. The highest BCUT2D eigenvalue weighted by atomic mass is 35.5. The van der Waals surface area contributed by atoms with Gasteiger partial charge in [-0.15, -0.1) is 0 Å². The number of benzene rings is 1. The summed E-state index contributed by atoms with van der Waals surface area (Å²) < 4.78 is 15.5. The van der Waals surface area contributed by atoms with Crippen LogP contribution in [0.3, 0.4) is 0 Å². The van der Waals surface area contributed by atoms with Gasteiger partial charge in [-0.2, -0.15) is 0 Å². The van der Waals surface area contributed by atoms with E-state index >= 15 is 0 Å². The minimum Gasteiger partial charge on any atom is -0.493 e. The van der Waals surface area contributed by atoms with Crippen molar-refractivity contribution in [2.45, 2.75) is 38.8 Å². The summed E-state index contributed by atoms with van der Waals surface area (Å²) in [6.07, 6.45) is 0.793. The van der Waals surface area contributed by atoms with E-state index in [2.05, 4.69) is 4.74 Å². The molecule has 1 aromatic rings. The Labute approximate surface area is 130 Å². The molecule has 0 amide bonds. The van der Waals surface area contributed by atoms with Crippen molar-refractivity contribution in [1.29, 1.82) is 0 Å². The molecule has 2 atom stereocenters. The maximum absolute atomic E-state index is 11.4. The molecule has 0 bridgehead atoms. The molecule has 6 heteroatoms. The lowest BCUT2D eigenvalue weighted by Gasteiger charge is -2.18. The van der Waals surface area contributed by atoms with Gasteiger partial charge in [0.25, 0.3) is 0 Å². The Balaban J connectivity index is 3.02. The molecule has 2 unspecified atom stereocenters. The fourth-order valence-electron chi connectivity index (χ4n) is 1.84. The van der Waals surface area contributed by atoms with Gasteiger partial charge in [0.2, 0.25) is 0 Å². The Hall–Kier alpha value is -1.46. The molecule has 0 spiro atoms. The molecule has 1 aromatic carbocycles. The summed E-state index contributed by atoms with van der Waals surface area (Å²) in [6.45, 7) is 3.61.